The maximum Gasteiger partial charge on any atom is 0.134 e. The topological polar surface area (TPSA) is 16.4 Å². The van der Waals surface area contributed by atoms with Gasteiger partial charge in [0.2, 0.25) is 0 Å². The van der Waals surface area contributed by atoms with Gasteiger partial charge in [-0.05, 0) is 44.5 Å². The normalized spacial score (nSPS) is 21.9. The summed E-state index contributed by atoms with van der Waals surface area (Å²) in [7, 11) is 2.22. The maximum atomic E-state index is 5.58. The molecule has 2 aromatic rings. The molecule has 1 fully saturated rings. The van der Waals surface area contributed by atoms with Gasteiger partial charge in [-0.3, -0.25) is 0 Å². The highest BCUT2D eigenvalue weighted by Crippen LogP contribution is 2.25. The molecule has 1 unspecified atom stereocenters. The summed E-state index contributed by atoms with van der Waals surface area (Å²) in [5, 5.41) is 1.28. The van der Waals surface area contributed by atoms with E-state index in [1.807, 2.05) is 18.4 Å². The van der Waals surface area contributed by atoms with Gasteiger partial charge in [-0.25, -0.2) is 0 Å². The van der Waals surface area contributed by atoms with Gasteiger partial charge in [0, 0.05) is 11.4 Å². The third-order valence-corrected chi connectivity index (χ3v) is 3.69. The molecule has 1 aromatic heterocycles. The van der Waals surface area contributed by atoms with E-state index in [-0.39, 0.29) is 0 Å². The van der Waals surface area contributed by atoms with Crippen molar-refractivity contribution in [3.63, 3.8) is 0 Å². The van der Waals surface area contributed by atoms with E-state index in [0.717, 1.165) is 12.0 Å². The van der Waals surface area contributed by atoms with Gasteiger partial charge >= 0.3 is 0 Å². The molecule has 0 bridgehead atoms. The van der Waals surface area contributed by atoms with Crippen molar-refractivity contribution in [3.8, 4) is 0 Å². The first-order chi connectivity index (χ1) is 7.84. The van der Waals surface area contributed by atoms with Crippen LogP contribution in [0.25, 0.3) is 11.0 Å². The van der Waals surface area contributed by atoms with Crippen LogP contribution >= 0.6 is 0 Å². The highest BCUT2D eigenvalue weighted by Gasteiger charge is 2.22. The molecule has 2 nitrogen and oxygen atoms in total. The zero-order chi connectivity index (χ0) is 11.0. The lowest BCUT2D eigenvalue weighted by Crippen LogP contribution is -2.26. The van der Waals surface area contributed by atoms with Gasteiger partial charge in [0.15, 0.2) is 0 Å². The fourth-order valence-electron chi connectivity index (χ4n) is 2.68. The summed E-state index contributed by atoms with van der Waals surface area (Å²) in [6.45, 7) is 1.24. The van der Waals surface area contributed by atoms with Gasteiger partial charge in [-0.1, -0.05) is 18.2 Å². The van der Waals surface area contributed by atoms with Crippen LogP contribution in [0.4, 0.5) is 0 Å². The molecule has 0 N–H and O–H groups in total. The van der Waals surface area contributed by atoms with Crippen molar-refractivity contribution in [2.24, 2.45) is 0 Å². The van der Waals surface area contributed by atoms with Crippen LogP contribution in [-0.4, -0.2) is 24.5 Å². The van der Waals surface area contributed by atoms with E-state index >= 15 is 0 Å². The zero-order valence-electron chi connectivity index (χ0n) is 9.65. The molecule has 0 radical (unpaired) electrons. The third-order valence-electron chi connectivity index (χ3n) is 3.69. The van der Waals surface area contributed by atoms with Crippen molar-refractivity contribution < 1.29 is 4.42 Å². The average Bonchev–Trinajstić information content (AvgIpc) is 2.88. The van der Waals surface area contributed by atoms with Crippen LogP contribution in [0, 0.1) is 0 Å². The summed E-state index contributed by atoms with van der Waals surface area (Å²) in [5.74, 6) is 0. The van der Waals surface area contributed by atoms with Crippen molar-refractivity contribution in [1.29, 1.82) is 0 Å². The highest BCUT2D eigenvalue weighted by molar-refractivity contribution is 5.80. The Hall–Kier alpha value is -1.28. The van der Waals surface area contributed by atoms with Crippen LogP contribution in [0.15, 0.2) is 34.9 Å². The van der Waals surface area contributed by atoms with Gasteiger partial charge in [-0.2, -0.15) is 0 Å². The van der Waals surface area contributed by atoms with Crippen LogP contribution in [0.2, 0.25) is 0 Å². The van der Waals surface area contributed by atoms with E-state index in [1.165, 1.54) is 30.3 Å². The van der Waals surface area contributed by atoms with Gasteiger partial charge < -0.3 is 9.32 Å². The minimum Gasteiger partial charge on any atom is -0.464 e. The number of rotatable bonds is 2. The average molecular weight is 215 g/mol. The van der Waals surface area contributed by atoms with Gasteiger partial charge in [0.25, 0.3) is 0 Å². The van der Waals surface area contributed by atoms with Crippen molar-refractivity contribution in [3.05, 3.63) is 36.1 Å². The lowest BCUT2D eigenvalue weighted by Gasteiger charge is -2.18. The summed E-state index contributed by atoms with van der Waals surface area (Å²) in [6.07, 6.45) is 5.69. The molecule has 16 heavy (non-hydrogen) atoms. The molecule has 2 heterocycles. The largest absolute Gasteiger partial charge is 0.464 e. The number of benzene rings is 1. The predicted molar refractivity (Wildman–Crippen MR) is 65.6 cm³/mol. The molecule has 0 saturated carbocycles. The number of para-hydroxylation sites is 1. The number of likely N-dealkylation sites (tertiary alicyclic amines) is 1. The molecule has 84 valence electrons. The summed E-state index contributed by atoms with van der Waals surface area (Å²) in [6, 6.07) is 9.00. The fraction of sp³-hybridized carbons (Fsp3) is 0.429. The molecule has 2 heteroatoms. The van der Waals surface area contributed by atoms with Crippen LogP contribution < -0.4 is 0 Å². The number of fused-ring (bicyclic) bond motifs is 1. The number of hydrogen-bond acceptors (Lipinski definition) is 2. The Balaban J connectivity index is 1.89. The molecular weight excluding hydrogens is 198 g/mol. The van der Waals surface area contributed by atoms with Crippen molar-refractivity contribution in [2.75, 3.05) is 13.6 Å². The SMILES string of the molecule is CN1CCCC1Cc1coc2ccccc12. The van der Waals surface area contributed by atoms with Crippen molar-refractivity contribution >= 4 is 11.0 Å². The van der Waals surface area contributed by atoms with Crippen LogP contribution in [-0.2, 0) is 6.42 Å². The van der Waals surface area contributed by atoms with E-state index in [4.69, 9.17) is 4.42 Å². The Labute approximate surface area is 95.9 Å². The van der Waals surface area contributed by atoms with E-state index in [2.05, 4.69) is 24.1 Å². The lowest BCUT2D eigenvalue weighted by atomic mass is 10.0. The molecular formula is C14H17NO. The standard InChI is InChI=1S/C14H17NO/c1-15-8-4-5-12(15)9-11-10-16-14-7-3-2-6-13(11)14/h2-3,6-7,10,12H,4-5,8-9H2,1H3. The van der Waals surface area contributed by atoms with Gasteiger partial charge in [-0.15, -0.1) is 0 Å². The molecule has 0 amide bonds. The summed E-state index contributed by atoms with van der Waals surface area (Å²) >= 11 is 0. The summed E-state index contributed by atoms with van der Waals surface area (Å²) in [4.78, 5) is 2.46. The number of furan rings is 1. The molecule has 3 rings (SSSR count). The Kier molecular flexibility index (Phi) is 2.44. The summed E-state index contributed by atoms with van der Waals surface area (Å²) in [5.41, 5.74) is 2.37. The molecule has 1 saturated heterocycles. The minimum absolute atomic E-state index is 0.695. The highest BCUT2D eigenvalue weighted by atomic mass is 16.3. The first-order valence-corrected chi connectivity index (χ1v) is 6.00. The second kappa shape index (κ2) is 3.95. The number of nitrogens with zero attached hydrogens (tertiary/aromatic N) is 1. The van der Waals surface area contributed by atoms with Crippen LogP contribution in [0.1, 0.15) is 18.4 Å². The minimum atomic E-state index is 0.695. The summed E-state index contributed by atoms with van der Waals surface area (Å²) < 4.78 is 5.58. The number of likely N-dealkylation sites (N-methyl/N-ethyl adjacent to an activating group) is 1. The maximum absolute atomic E-state index is 5.58. The predicted octanol–water partition coefficient (Wildman–Crippen LogP) is 3.07. The van der Waals surface area contributed by atoms with E-state index in [9.17, 15) is 0 Å². The monoisotopic (exact) mass is 215 g/mol. The van der Waals surface area contributed by atoms with E-state index < -0.39 is 0 Å². The third kappa shape index (κ3) is 1.63. The molecule has 1 atom stereocenters. The molecule has 1 aliphatic heterocycles. The zero-order valence-corrected chi connectivity index (χ0v) is 9.65. The molecule has 0 aliphatic carbocycles. The molecule has 0 spiro atoms. The second-order valence-electron chi connectivity index (χ2n) is 4.74. The van der Waals surface area contributed by atoms with Crippen molar-refractivity contribution in [2.45, 2.75) is 25.3 Å². The number of hydrogen-bond donors (Lipinski definition) is 0. The van der Waals surface area contributed by atoms with Crippen LogP contribution in [0.5, 0.6) is 0 Å². The first-order valence-electron chi connectivity index (χ1n) is 6.00. The van der Waals surface area contributed by atoms with Gasteiger partial charge in [0.1, 0.15) is 5.58 Å². The quantitative estimate of drug-likeness (QED) is 0.765. The Morgan fingerprint density at radius 3 is 3.06 bits per heavy atom. The smallest absolute Gasteiger partial charge is 0.134 e. The van der Waals surface area contributed by atoms with Gasteiger partial charge in [0.05, 0.1) is 6.26 Å². The fourth-order valence-corrected chi connectivity index (χ4v) is 2.68. The van der Waals surface area contributed by atoms with E-state index in [0.29, 0.717) is 6.04 Å². The second-order valence-corrected chi connectivity index (χ2v) is 4.74. The Morgan fingerprint density at radius 2 is 2.25 bits per heavy atom. The van der Waals surface area contributed by atoms with E-state index in [1.54, 1.807) is 0 Å². The Morgan fingerprint density at radius 1 is 1.38 bits per heavy atom. The van der Waals surface area contributed by atoms with Crippen molar-refractivity contribution in [1.82, 2.24) is 4.90 Å². The molecule has 1 aromatic carbocycles. The van der Waals surface area contributed by atoms with Crippen LogP contribution in [0.3, 0.4) is 0 Å². The lowest BCUT2D eigenvalue weighted by molar-refractivity contribution is 0.309. The molecule has 1 aliphatic rings. The Bertz CT molecular complexity index is 488. The first kappa shape index (κ1) is 9.91.